The molecule has 0 spiro atoms. The van der Waals surface area contributed by atoms with Crippen molar-refractivity contribution in [1.82, 2.24) is 5.32 Å². The second-order valence-corrected chi connectivity index (χ2v) is 5.39. The summed E-state index contributed by atoms with van der Waals surface area (Å²) in [6.45, 7) is 4.89. The van der Waals surface area contributed by atoms with Crippen LogP contribution in [0.1, 0.15) is 65.2 Å². The first-order valence-electron chi connectivity index (χ1n) is 7.77. The summed E-state index contributed by atoms with van der Waals surface area (Å²) in [5, 5.41) is 2.74. The van der Waals surface area contributed by atoms with Gasteiger partial charge in [0.1, 0.15) is 5.54 Å². The lowest BCUT2D eigenvalue weighted by Gasteiger charge is -2.27. The number of carbonyl (C=O) groups is 2. The van der Waals surface area contributed by atoms with Crippen molar-refractivity contribution in [3.05, 3.63) is 0 Å². The number of carbonyl (C=O) groups excluding carboxylic acids is 2. The van der Waals surface area contributed by atoms with Gasteiger partial charge >= 0.3 is 12.1 Å². The maximum Gasteiger partial charge on any atom is 0.408 e. The van der Waals surface area contributed by atoms with Gasteiger partial charge in [0.2, 0.25) is 0 Å². The molecule has 1 saturated carbocycles. The predicted molar refractivity (Wildman–Crippen MR) is 76.5 cm³/mol. The van der Waals surface area contributed by atoms with E-state index in [1.54, 1.807) is 0 Å². The molecule has 1 amide bonds. The van der Waals surface area contributed by atoms with Crippen LogP contribution in [-0.2, 0) is 14.3 Å². The number of hydrogen-bond donors (Lipinski definition) is 1. The summed E-state index contributed by atoms with van der Waals surface area (Å²) in [5.41, 5.74) is -0.864. The van der Waals surface area contributed by atoms with Gasteiger partial charge in [-0.05, 0) is 25.7 Å². The SMILES string of the molecule is CCCCOC(=O)NC1(C(=O)OCCCC)CCCC1. The average molecular weight is 285 g/mol. The normalized spacial score (nSPS) is 16.7. The molecule has 0 aromatic rings. The van der Waals surface area contributed by atoms with E-state index in [9.17, 15) is 9.59 Å². The smallest absolute Gasteiger partial charge is 0.408 e. The summed E-state index contributed by atoms with van der Waals surface area (Å²) in [6.07, 6.45) is 6.26. The lowest BCUT2D eigenvalue weighted by molar-refractivity contribution is -0.151. The Kier molecular flexibility index (Phi) is 7.41. The Morgan fingerprint density at radius 3 is 2.10 bits per heavy atom. The van der Waals surface area contributed by atoms with Crippen LogP contribution in [0.5, 0.6) is 0 Å². The summed E-state index contributed by atoms with van der Waals surface area (Å²) in [4.78, 5) is 24.0. The quantitative estimate of drug-likeness (QED) is 0.549. The average Bonchev–Trinajstić information content (AvgIpc) is 2.89. The summed E-state index contributed by atoms with van der Waals surface area (Å²) in [7, 11) is 0. The second-order valence-electron chi connectivity index (χ2n) is 5.39. The van der Waals surface area contributed by atoms with Gasteiger partial charge in [-0.2, -0.15) is 0 Å². The van der Waals surface area contributed by atoms with Gasteiger partial charge in [0.05, 0.1) is 13.2 Å². The van der Waals surface area contributed by atoms with Crippen LogP contribution in [0.25, 0.3) is 0 Å². The largest absolute Gasteiger partial charge is 0.464 e. The molecule has 0 heterocycles. The Bertz CT molecular complexity index is 311. The summed E-state index contributed by atoms with van der Waals surface area (Å²) in [6, 6.07) is 0. The monoisotopic (exact) mass is 285 g/mol. The van der Waals surface area contributed by atoms with Gasteiger partial charge < -0.3 is 14.8 Å². The van der Waals surface area contributed by atoms with E-state index in [2.05, 4.69) is 5.32 Å². The number of alkyl carbamates (subject to hydrolysis) is 1. The lowest BCUT2D eigenvalue weighted by atomic mass is 9.98. The van der Waals surface area contributed by atoms with E-state index in [0.29, 0.717) is 26.1 Å². The molecule has 1 aliphatic carbocycles. The summed E-state index contributed by atoms with van der Waals surface area (Å²) in [5.74, 6) is -0.309. The van der Waals surface area contributed by atoms with Gasteiger partial charge in [0.15, 0.2) is 0 Å². The minimum absolute atomic E-state index is 0.309. The number of rotatable bonds is 8. The molecule has 0 aliphatic heterocycles. The molecule has 0 radical (unpaired) electrons. The molecule has 0 aromatic carbocycles. The van der Waals surface area contributed by atoms with E-state index in [-0.39, 0.29) is 5.97 Å². The van der Waals surface area contributed by atoms with E-state index in [0.717, 1.165) is 38.5 Å². The highest BCUT2D eigenvalue weighted by Crippen LogP contribution is 2.31. The van der Waals surface area contributed by atoms with Crippen LogP contribution in [0.2, 0.25) is 0 Å². The molecule has 1 aliphatic rings. The second kappa shape index (κ2) is 8.82. The highest BCUT2D eigenvalue weighted by molar-refractivity contribution is 5.86. The Morgan fingerprint density at radius 2 is 1.55 bits per heavy atom. The van der Waals surface area contributed by atoms with Crippen molar-refractivity contribution in [2.75, 3.05) is 13.2 Å². The maximum absolute atomic E-state index is 12.2. The van der Waals surface area contributed by atoms with Crippen LogP contribution in [0.15, 0.2) is 0 Å². The molecule has 0 bridgehead atoms. The molecule has 116 valence electrons. The molecule has 0 atom stereocenters. The van der Waals surface area contributed by atoms with Crippen molar-refractivity contribution in [2.45, 2.75) is 70.8 Å². The predicted octanol–water partition coefficient (Wildman–Crippen LogP) is 3.17. The van der Waals surface area contributed by atoms with Crippen molar-refractivity contribution in [1.29, 1.82) is 0 Å². The third-order valence-corrected chi connectivity index (χ3v) is 3.65. The van der Waals surface area contributed by atoms with Gasteiger partial charge in [0.25, 0.3) is 0 Å². The third-order valence-electron chi connectivity index (χ3n) is 3.65. The molecular formula is C15H27NO4. The van der Waals surface area contributed by atoms with E-state index >= 15 is 0 Å². The van der Waals surface area contributed by atoms with Crippen LogP contribution < -0.4 is 5.32 Å². The highest BCUT2D eigenvalue weighted by Gasteiger charge is 2.44. The summed E-state index contributed by atoms with van der Waals surface area (Å²) < 4.78 is 10.4. The molecule has 0 saturated heterocycles. The maximum atomic E-state index is 12.2. The number of hydrogen-bond acceptors (Lipinski definition) is 4. The van der Waals surface area contributed by atoms with Gasteiger partial charge in [0, 0.05) is 0 Å². The zero-order chi connectivity index (χ0) is 14.8. The zero-order valence-electron chi connectivity index (χ0n) is 12.7. The molecular weight excluding hydrogens is 258 g/mol. The third kappa shape index (κ3) is 5.02. The van der Waals surface area contributed by atoms with Gasteiger partial charge in [-0.25, -0.2) is 9.59 Å². The molecule has 0 unspecified atom stereocenters. The van der Waals surface area contributed by atoms with Crippen molar-refractivity contribution in [3.8, 4) is 0 Å². The summed E-state index contributed by atoms with van der Waals surface area (Å²) >= 11 is 0. The Balaban J connectivity index is 2.49. The molecule has 1 rings (SSSR count). The van der Waals surface area contributed by atoms with Crippen molar-refractivity contribution >= 4 is 12.1 Å². The van der Waals surface area contributed by atoms with Crippen LogP contribution in [0.4, 0.5) is 4.79 Å². The first-order chi connectivity index (χ1) is 9.64. The fraction of sp³-hybridized carbons (Fsp3) is 0.867. The first-order valence-corrected chi connectivity index (χ1v) is 7.77. The number of ether oxygens (including phenoxy) is 2. The fourth-order valence-electron chi connectivity index (χ4n) is 2.35. The van der Waals surface area contributed by atoms with Gasteiger partial charge in [-0.1, -0.05) is 39.5 Å². The van der Waals surface area contributed by atoms with E-state index in [1.165, 1.54) is 0 Å². The number of unbranched alkanes of at least 4 members (excludes halogenated alkanes) is 2. The van der Waals surface area contributed by atoms with E-state index < -0.39 is 11.6 Å². The van der Waals surface area contributed by atoms with Crippen LogP contribution in [-0.4, -0.2) is 30.8 Å². The van der Waals surface area contributed by atoms with Crippen LogP contribution >= 0.6 is 0 Å². The molecule has 0 aromatic heterocycles. The standard InChI is InChI=1S/C15H27NO4/c1-3-5-11-19-13(17)15(9-7-8-10-15)16-14(18)20-12-6-4-2/h3-12H2,1-2H3,(H,16,18). The lowest BCUT2D eigenvalue weighted by Crippen LogP contribution is -2.53. The Hall–Kier alpha value is -1.26. The number of esters is 1. The molecule has 20 heavy (non-hydrogen) atoms. The van der Waals surface area contributed by atoms with Crippen LogP contribution in [0, 0.1) is 0 Å². The number of nitrogens with one attached hydrogen (secondary N) is 1. The Morgan fingerprint density at radius 1 is 1.00 bits per heavy atom. The molecule has 5 nitrogen and oxygen atoms in total. The molecule has 1 fully saturated rings. The minimum atomic E-state index is -0.864. The topological polar surface area (TPSA) is 64.6 Å². The van der Waals surface area contributed by atoms with Crippen molar-refractivity contribution < 1.29 is 19.1 Å². The Labute approximate surface area is 121 Å². The van der Waals surface area contributed by atoms with Gasteiger partial charge in [-0.15, -0.1) is 0 Å². The fourth-order valence-corrected chi connectivity index (χ4v) is 2.35. The van der Waals surface area contributed by atoms with Crippen molar-refractivity contribution in [3.63, 3.8) is 0 Å². The highest BCUT2D eigenvalue weighted by atomic mass is 16.6. The minimum Gasteiger partial charge on any atom is -0.464 e. The van der Waals surface area contributed by atoms with Gasteiger partial charge in [-0.3, -0.25) is 0 Å². The van der Waals surface area contributed by atoms with Crippen molar-refractivity contribution in [2.24, 2.45) is 0 Å². The van der Waals surface area contributed by atoms with Crippen LogP contribution in [0.3, 0.4) is 0 Å². The number of amides is 1. The zero-order valence-corrected chi connectivity index (χ0v) is 12.7. The first kappa shape index (κ1) is 16.8. The van der Waals surface area contributed by atoms with E-state index in [4.69, 9.17) is 9.47 Å². The molecule has 5 heteroatoms. The molecule has 1 N–H and O–H groups in total. The van der Waals surface area contributed by atoms with E-state index in [1.807, 2.05) is 13.8 Å².